The largest absolute Gasteiger partial charge is 0.333 e. The van der Waals surface area contributed by atoms with E-state index in [1.54, 1.807) is 18.1 Å². The standard InChI is InChI=1S/C28H32N4O2/c1-21-11-10-18-29-25(21)26(22-12-6-4-7-13-22)31(3)27(33)23-16-19-32(20-17-23)28(34)30(2)24-14-8-5-9-15-24/h4-15,18,23,26H,16-17,19-20H2,1-3H3. The van der Waals surface area contributed by atoms with Crippen molar-refractivity contribution in [2.24, 2.45) is 5.92 Å². The monoisotopic (exact) mass is 456 g/mol. The average molecular weight is 457 g/mol. The molecule has 0 spiro atoms. The van der Waals surface area contributed by atoms with Crippen molar-refractivity contribution in [2.75, 3.05) is 32.1 Å². The summed E-state index contributed by atoms with van der Waals surface area (Å²) in [7, 11) is 3.66. The topological polar surface area (TPSA) is 56.8 Å². The Morgan fingerprint density at radius 3 is 2.15 bits per heavy atom. The van der Waals surface area contributed by atoms with E-state index in [1.807, 2.05) is 96.6 Å². The molecule has 6 heteroatoms. The smallest absolute Gasteiger partial charge is 0.324 e. The van der Waals surface area contributed by atoms with Gasteiger partial charge in [0.1, 0.15) is 0 Å². The van der Waals surface area contributed by atoms with Gasteiger partial charge < -0.3 is 9.80 Å². The summed E-state index contributed by atoms with van der Waals surface area (Å²) in [6.45, 7) is 3.17. The molecular formula is C28H32N4O2. The molecule has 1 aromatic heterocycles. The van der Waals surface area contributed by atoms with Crippen molar-refractivity contribution < 1.29 is 9.59 Å². The Morgan fingerprint density at radius 2 is 1.53 bits per heavy atom. The highest BCUT2D eigenvalue weighted by Crippen LogP contribution is 2.31. The summed E-state index contributed by atoms with van der Waals surface area (Å²) in [5, 5.41) is 0. The highest BCUT2D eigenvalue weighted by atomic mass is 16.2. The molecule has 34 heavy (non-hydrogen) atoms. The number of amides is 3. The lowest BCUT2D eigenvalue weighted by Crippen LogP contribution is -2.48. The molecule has 2 aromatic carbocycles. The Labute approximate surface area is 201 Å². The number of urea groups is 1. The van der Waals surface area contributed by atoms with E-state index in [0.717, 1.165) is 22.5 Å². The van der Waals surface area contributed by atoms with Crippen molar-refractivity contribution in [1.82, 2.24) is 14.8 Å². The lowest BCUT2D eigenvalue weighted by molar-refractivity contribution is -0.137. The number of hydrogen-bond donors (Lipinski definition) is 0. The van der Waals surface area contributed by atoms with Gasteiger partial charge in [0.25, 0.3) is 0 Å². The first kappa shape index (κ1) is 23.5. The van der Waals surface area contributed by atoms with Gasteiger partial charge in [-0.1, -0.05) is 54.6 Å². The van der Waals surface area contributed by atoms with Gasteiger partial charge in [-0.2, -0.15) is 0 Å². The number of likely N-dealkylation sites (tertiary alicyclic amines) is 1. The molecule has 1 unspecified atom stereocenters. The van der Waals surface area contributed by atoms with Crippen LogP contribution in [0.4, 0.5) is 10.5 Å². The molecule has 1 fully saturated rings. The van der Waals surface area contributed by atoms with Crippen LogP contribution in [0.3, 0.4) is 0 Å². The summed E-state index contributed by atoms with van der Waals surface area (Å²) in [5.74, 6) is -0.0197. The maximum Gasteiger partial charge on any atom is 0.324 e. The van der Waals surface area contributed by atoms with Crippen LogP contribution >= 0.6 is 0 Å². The van der Waals surface area contributed by atoms with Gasteiger partial charge >= 0.3 is 6.03 Å². The van der Waals surface area contributed by atoms with E-state index in [1.165, 1.54) is 0 Å². The second-order valence-corrected chi connectivity index (χ2v) is 8.91. The SMILES string of the molecule is Cc1cccnc1C(c1ccccc1)N(C)C(=O)C1CCN(C(=O)N(C)c2ccccc2)CC1. The fourth-order valence-electron chi connectivity index (χ4n) is 4.69. The Morgan fingerprint density at radius 1 is 0.912 bits per heavy atom. The second kappa shape index (κ2) is 10.5. The Balaban J connectivity index is 1.46. The number of aryl methyl sites for hydroxylation is 1. The van der Waals surface area contributed by atoms with Gasteiger partial charge in [0.2, 0.25) is 5.91 Å². The first-order valence-electron chi connectivity index (χ1n) is 11.8. The zero-order chi connectivity index (χ0) is 24.1. The normalized spacial score (nSPS) is 15.0. The maximum atomic E-state index is 13.6. The third-order valence-electron chi connectivity index (χ3n) is 6.70. The quantitative estimate of drug-likeness (QED) is 0.548. The molecule has 1 atom stereocenters. The molecule has 3 amide bonds. The maximum absolute atomic E-state index is 13.6. The summed E-state index contributed by atoms with van der Waals surface area (Å²) in [5.41, 5.74) is 3.85. The molecule has 0 radical (unpaired) electrons. The minimum Gasteiger partial charge on any atom is -0.333 e. The molecule has 0 aliphatic carbocycles. The second-order valence-electron chi connectivity index (χ2n) is 8.91. The van der Waals surface area contributed by atoms with E-state index >= 15 is 0 Å². The predicted octanol–water partition coefficient (Wildman–Crippen LogP) is 4.91. The van der Waals surface area contributed by atoms with Gasteiger partial charge in [-0.15, -0.1) is 0 Å². The van der Waals surface area contributed by atoms with Crippen LogP contribution in [0.2, 0.25) is 0 Å². The van der Waals surface area contributed by atoms with Gasteiger partial charge in [-0.05, 0) is 49.1 Å². The molecule has 2 heterocycles. The highest BCUT2D eigenvalue weighted by molar-refractivity contribution is 5.91. The average Bonchev–Trinajstić information content (AvgIpc) is 2.90. The number of nitrogens with zero attached hydrogens (tertiary/aromatic N) is 4. The zero-order valence-electron chi connectivity index (χ0n) is 20.1. The number of carbonyl (C=O) groups excluding carboxylic acids is 2. The third kappa shape index (κ3) is 4.96. The minimum absolute atomic E-state index is 0.0308. The number of benzene rings is 2. The number of aromatic nitrogens is 1. The van der Waals surface area contributed by atoms with Gasteiger partial charge in [-0.3, -0.25) is 14.7 Å². The van der Waals surface area contributed by atoms with E-state index in [0.29, 0.717) is 25.9 Å². The van der Waals surface area contributed by atoms with E-state index in [2.05, 4.69) is 4.98 Å². The molecule has 0 saturated carbocycles. The molecule has 1 saturated heterocycles. The molecular weight excluding hydrogens is 424 g/mol. The van der Waals surface area contributed by atoms with Crippen LogP contribution in [0.1, 0.15) is 35.7 Å². The summed E-state index contributed by atoms with van der Waals surface area (Å²) in [6, 6.07) is 23.3. The van der Waals surface area contributed by atoms with Crippen LogP contribution in [0, 0.1) is 12.8 Å². The lowest BCUT2D eigenvalue weighted by atomic mass is 9.92. The lowest BCUT2D eigenvalue weighted by Gasteiger charge is -2.37. The van der Waals surface area contributed by atoms with Crippen LogP contribution in [0.25, 0.3) is 0 Å². The Kier molecular flexibility index (Phi) is 7.26. The number of pyridine rings is 1. The fourth-order valence-corrected chi connectivity index (χ4v) is 4.69. The molecule has 1 aliphatic rings. The number of piperidine rings is 1. The van der Waals surface area contributed by atoms with Crippen molar-refractivity contribution in [3.05, 3.63) is 95.8 Å². The van der Waals surface area contributed by atoms with Crippen LogP contribution in [-0.2, 0) is 4.79 Å². The van der Waals surface area contributed by atoms with Crippen molar-refractivity contribution in [1.29, 1.82) is 0 Å². The molecule has 6 nitrogen and oxygen atoms in total. The first-order valence-corrected chi connectivity index (χ1v) is 11.8. The van der Waals surface area contributed by atoms with E-state index in [-0.39, 0.29) is 23.9 Å². The summed E-state index contributed by atoms with van der Waals surface area (Å²) in [4.78, 5) is 36.6. The molecule has 3 aromatic rings. The fraction of sp³-hybridized carbons (Fsp3) is 0.321. The van der Waals surface area contributed by atoms with Gasteiger partial charge in [-0.25, -0.2) is 4.79 Å². The van der Waals surface area contributed by atoms with Crippen LogP contribution in [-0.4, -0.2) is 53.9 Å². The van der Waals surface area contributed by atoms with Gasteiger partial charge in [0.05, 0.1) is 11.7 Å². The number of carbonyl (C=O) groups is 2. The number of hydrogen-bond acceptors (Lipinski definition) is 3. The molecule has 176 valence electrons. The first-order chi connectivity index (χ1) is 16.5. The summed E-state index contributed by atoms with van der Waals surface area (Å²) < 4.78 is 0. The Bertz CT molecular complexity index is 1110. The third-order valence-corrected chi connectivity index (χ3v) is 6.70. The van der Waals surface area contributed by atoms with Crippen molar-refractivity contribution in [2.45, 2.75) is 25.8 Å². The predicted molar refractivity (Wildman–Crippen MR) is 135 cm³/mol. The Hall–Kier alpha value is -3.67. The van der Waals surface area contributed by atoms with Crippen LogP contribution in [0.5, 0.6) is 0 Å². The summed E-state index contributed by atoms with van der Waals surface area (Å²) in [6.07, 6.45) is 3.09. The van der Waals surface area contributed by atoms with E-state index < -0.39 is 0 Å². The minimum atomic E-state index is -0.251. The number of rotatable bonds is 5. The zero-order valence-corrected chi connectivity index (χ0v) is 20.1. The van der Waals surface area contributed by atoms with Crippen molar-refractivity contribution in [3.8, 4) is 0 Å². The van der Waals surface area contributed by atoms with Crippen molar-refractivity contribution in [3.63, 3.8) is 0 Å². The molecule has 1 aliphatic heterocycles. The van der Waals surface area contributed by atoms with Gasteiger partial charge in [0, 0.05) is 45.0 Å². The number of anilines is 1. The molecule has 0 bridgehead atoms. The van der Waals surface area contributed by atoms with Crippen LogP contribution in [0.15, 0.2) is 79.0 Å². The highest BCUT2D eigenvalue weighted by Gasteiger charge is 2.34. The molecule has 4 rings (SSSR count). The van der Waals surface area contributed by atoms with Crippen LogP contribution < -0.4 is 4.90 Å². The van der Waals surface area contributed by atoms with Gasteiger partial charge in [0.15, 0.2) is 0 Å². The van der Waals surface area contributed by atoms with Crippen molar-refractivity contribution >= 4 is 17.6 Å². The summed E-state index contributed by atoms with van der Waals surface area (Å²) >= 11 is 0. The number of para-hydroxylation sites is 1. The molecule has 0 N–H and O–H groups in total. The van der Waals surface area contributed by atoms with E-state index in [4.69, 9.17) is 0 Å². The van der Waals surface area contributed by atoms with E-state index in [9.17, 15) is 9.59 Å².